The number of hydrogen-bond donors (Lipinski definition) is 1. The molecular formula is C20H43N. The zero-order chi connectivity index (χ0) is 15.8. The van der Waals surface area contributed by atoms with Crippen molar-refractivity contribution in [2.24, 2.45) is 0 Å². The Morgan fingerprint density at radius 2 is 1.00 bits per heavy atom. The fourth-order valence-electron chi connectivity index (χ4n) is 3.11. The molecule has 0 heterocycles. The van der Waals surface area contributed by atoms with E-state index < -0.39 is 0 Å². The van der Waals surface area contributed by atoms with Crippen LogP contribution in [0.15, 0.2) is 0 Å². The Hall–Kier alpha value is -0.0400. The van der Waals surface area contributed by atoms with Gasteiger partial charge < -0.3 is 5.32 Å². The lowest BCUT2D eigenvalue weighted by Gasteiger charge is -2.21. The van der Waals surface area contributed by atoms with Gasteiger partial charge in [0.25, 0.3) is 0 Å². The van der Waals surface area contributed by atoms with Crippen molar-refractivity contribution in [2.75, 3.05) is 0 Å². The molecule has 21 heavy (non-hydrogen) atoms. The van der Waals surface area contributed by atoms with Crippen molar-refractivity contribution < 1.29 is 0 Å². The van der Waals surface area contributed by atoms with Crippen LogP contribution in [0.5, 0.6) is 0 Å². The summed E-state index contributed by atoms with van der Waals surface area (Å²) in [5, 5.41) is 3.75. The average Bonchev–Trinajstić information content (AvgIpc) is 2.46. The molecule has 0 amide bonds. The van der Waals surface area contributed by atoms with Crippen molar-refractivity contribution in [3.8, 4) is 0 Å². The smallest absolute Gasteiger partial charge is 0.00694 e. The first-order chi connectivity index (χ1) is 10.2. The van der Waals surface area contributed by atoms with E-state index >= 15 is 0 Å². The molecule has 1 nitrogen and oxygen atoms in total. The van der Waals surface area contributed by atoms with Crippen LogP contribution >= 0.6 is 0 Å². The lowest BCUT2D eigenvalue weighted by atomic mass is 10.0. The Kier molecular flexibility index (Phi) is 16.3. The van der Waals surface area contributed by atoms with Crippen LogP contribution < -0.4 is 5.32 Å². The molecule has 1 heteroatoms. The number of unbranched alkanes of at least 4 members (excludes halogenated alkanes) is 10. The highest BCUT2D eigenvalue weighted by molar-refractivity contribution is 4.69. The molecular weight excluding hydrogens is 254 g/mol. The van der Waals surface area contributed by atoms with E-state index in [1.54, 1.807) is 0 Å². The maximum Gasteiger partial charge on any atom is 0.00694 e. The van der Waals surface area contributed by atoms with Crippen molar-refractivity contribution in [3.05, 3.63) is 0 Å². The molecule has 0 aliphatic rings. The second-order valence-electron chi connectivity index (χ2n) is 7.13. The van der Waals surface area contributed by atoms with E-state index in [0.29, 0.717) is 6.04 Å². The normalized spacial score (nSPS) is 13.0. The monoisotopic (exact) mass is 297 g/mol. The van der Waals surface area contributed by atoms with Crippen molar-refractivity contribution in [1.29, 1.82) is 0 Å². The van der Waals surface area contributed by atoms with Gasteiger partial charge in [-0.25, -0.2) is 0 Å². The Morgan fingerprint density at radius 3 is 1.48 bits per heavy atom. The van der Waals surface area contributed by atoms with E-state index in [4.69, 9.17) is 0 Å². The molecule has 0 aromatic rings. The van der Waals surface area contributed by atoms with Gasteiger partial charge in [0.05, 0.1) is 0 Å². The van der Waals surface area contributed by atoms with Gasteiger partial charge >= 0.3 is 0 Å². The second kappa shape index (κ2) is 16.3. The van der Waals surface area contributed by atoms with Crippen LogP contribution in [-0.2, 0) is 0 Å². The molecule has 1 N–H and O–H groups in total. The third-order valence-electron chi connectivity index (χ3n) is 4.38. The molecule has 0 fully saturated rings. The van der Waals surface area contributed by atoms with Crippen LogP contribution in [0.25, 0.3) is 0 Å². The van der Waals surface area contributed by atoms with E-state index in [1.165, 1.54) is 89.9 Å². The molecule has 0 aliphatic carbocycles. The minimum absolute atomic E-state index is 0.634. The van der Waals surface area contributed by atoms with Crippen LogP contribution in [0.4, 0.5) is 0 Å². The van der Waals surface area contributed by atoms with Gasteiger partial charge in [0.2, 0.25) is 0 Å². The zero-order valence-corrected chi connectivity index (χ0v) is 15.6. The fourth-order valence-corrected chi connectivity index (χ4v) is 3.11. The second-order valence-corrected chi connectivity index (χ2v) is 7.13. The Morgan fingerprint density at radius 1 is 0.571 bits per heavy atom. The van der Waals surface area contributed by atoms with Gasteiger partial charge in [-0.2, -0.15) is 0 Å². The number of hydrogen-bond acceptors (Lipinski definition) is 1. The Bertz CT molecular complexity index is 188. The van der Waals surface area contributed by atoms with Gasteiger partial charge in [-0.15, -0.1) is 0 Å². The van der Waals surface area contributed by atoms with E-state index in [9.17, 15) is 0 Å². The van der Waals surface area contributed by atoms with Gasteiger partial charge in [-0.1, -0.05) is 105 Å². The number of nitrogens with one attached hydrogen (secondary N) is 1. The van der Waals surface area contributed by atoms with Crippen molar-refractivity contribution in [1.82, 2.24) is 5.32 Å². The summed E-state index contributed by atoms with van der Waals surface area (Å²) < 4.78 is 0. The molecule has 0 bridgehead atoms. The first-order valence-corrected chi connectivity index (χ1v) is 9.96. The van der Waals surface area contributed by atoms with Crippen LogP contribution in [0, 0.1) is 0 Å². The molecule has 0 radical (unpaired) electrons. The standard InChI is InChI=1S/C20H43N/c1-5-7-9-10-11-12-13-14-15-16-18-20(17-8-6-2)21-19(3)4/h19-21H,5-18H2,1-4H3. The predicted molar refractivity (Wildman–Crippen MR) is 98.0 cm³/mol. The predicted octanol–water partition coefficient (Wildman–Crippen LogP) is 6.85. The molecule has 0 rings (SSSR count). The SMILES string of the molecule is CCCCCCCCCCCCC(CCCC)NC(C)C. The molecule has 0 spiro atoms. The highest BCUT2D eigenvalue weighted by Crippen LogP contribution is 2.14. The summed E-state index contributed by atoms with van der Waals surface area (Å²) in [4.78, 5) is 0. The first-order valence-electron chi connectivity index (χ1n) is 9.96. The summed E-state index contributed by atoms with van der Waals surface area (Å²) in [5.41, 5.74) is 0. The Labute approximate surface area is 135 Å². The largest absolute Gasteiger partial charge is 0.312 e. The summed E-state index contributed by atoms with van der Waals surface area (Å²) in [6.45, 7) is 9.14. The zero-order valence-electron chi connectivity index (χ0n) is 15.6. The average molecular weight is 298 g/mol. The third-order valence-corrected chi connectivity index (χ3v) is 4.38. The highest BCUT2D eigenvalue weighted by atomic mass is 14.9. The van der Waals surface area contributed by atoms with Crippen LogP contribution in [-0.4, -0.2) is 12.1 Å². The van der Waals surface area contributed by atoms with Gasteiger partial charge in [0.15, 0.2) is 0 Å². The fraction of sp³-hybridized carbons (Fsp3) is 1.00. The van der Waals surface area contributed by atoms with E-state index in [1.807, 2.05) is 0 Å². The quantitative estimate of drug-likeness (QED) is 0.307. The Balaban J connectivity index is 3.40. The molecule has 0 aromatic heterocycles. The van der Waals surface area contributed by atoms with E-state index in [0.717, 1.165) is 6.04 Å². The summed E-state index contributed by atoms with van der Waals surface area (Å²) >= 11 is 0. The lowest BCUT2D eigenvalue weighted by Crippen LogP contribution is -2.34. The van der Waals surface area contributed by atoms with Crippen molar-refractivity contribution >= 4 is 0 Å². The number of rotatable bonds is 16. The minimum atomic E-state index is 0.634. The molecule has 1 atom stereocenters. The maximum atomic E-state index is 3.75. The molecule has 0 aromatic carbocycles. The van der Waals surface area contributed by atoms with Crippen LogP contribution in [0.2, 0.25) is 0 Å². The van der Waals surface area contributed by atoms with Crippen molar-refractivity contribution in [2.45, 2.75) is 130 Å². The third kappa shape index (κ3) is 16.2. The maximum absolute atomic E-state index is 3.75. The van der Waals surface area contributed by atoms with Gasteiger partial charge in [0.1, 0.15) is 0 Å². The molecule has 0 saturated heterocycles. The minimum Gasteiger partial charge on any atom is -0.312 e. The first kappa shape index (κ1) is 21.0. The van der Waals surface area contributed by atoms with Crippen molar-refractivity contribution in [3.63, 3.8) is 0 Å². The van der Waals surface area contributed by atoms with Gasteiger partial charge in [0, 0.05) is 12.1 Å². The molecule has 128 valence electrons. The van der Waals surface area contributed by atoms with E-state index in [-0.39, 0.29) is 0 Å². The lowest BCUT2D eigenvalue weighted by molar-refractivity contribution is 0.390. The van der Waals surface area contributed by atoms with Crippen LogP contribution in [0.1, 0.15) is 118 Å². The summed E-state index contributed by atoms with van der Waals surface area (Å²) in [6.07, 6.45) is 19.9. The summed E-state index contributed by atoms with van der Waals surface area (Å²) in [7, 11) is 0. The van der Waals surface area contributed by atoms with Crippen LogP contribution in [0.3, 0.4) is 0 Å². The summed E-state index contributed by atoms with van der Waals surface area (Å²) in [6, 6.07) is 1.40. The highest BCUT2D eigenvalue weighted by Gasteiger charge is 2.08. The topological polar surface area (TPSA) is 12.0 Å². The molecule has 1 unspecified atom stereocenters. The van der Waals surface area contributed by atoms with Gasteiger partial charge in [-0.05, 0) is 12.8 Å². The molecule has 0 aliphatic heterocycles. The van der Waals surface area contributed by atoms with Gasteiger partial charge in [-0.3, -0.25) is 0 Å². The summed E-state index contributed by atoms with van der Waals surface area (Å²) in [5.74, 6) is 0. The van der Waals surface area contributed by atoms with E-state index in [2.05, 4.69) is 33.0 Å². The molecule has 0 saturated carbocycles.